The van der Waals surface area contributed by atoms with Crippen LogP contribution < -0.4 is 15.8 Å². The van der Waals surface area contributed by atoms with Gasteiger partial charge in [0.05, 0.1) is 11.6 Å². The van der Waals surface area contributed by atoms with E-state index in [9.17, 15) is 9.59 Å². The first-order valence-electron chi connectivity index (χ1n) is 11.1. The molecule has 176 valence electrons. The van der Waals surface area contributed by atoms with Crippen molar-refractivity contribution >= 4 is 40.7 Å². The quantitative estimate of drug-likeness (QED) is 0.388. The molecule has 0 unspecified atom stereocenters. The van der Waals surface area contributed by atoms with Crippen molar-refractivity contribution in [2.24, 2.45) is 0 Å². The first-order chi connectivity index (χ1) is 16.4. The van der Waals surface area contributed by atoms with Crippen molar-refractivity contribution in [2.75, 3.05) is 18.1 Å². The predicted molar refractivity (Wildman–Crippen MR) is 135 cm³/mol. The van der Waals surface area contributed by atoms with Gasteiger partial charge in [-0.25, -0.2) is 15.4 Å². The van der Waals surface area contributed by atoms with Crippen LogP contribution in [0.1, 0.15) is 41.3 Å². The van der Waals surface area contributed by atoms with Crippen LogP contribution in [-0.4, -0.2) is 29.8 Å². The van der Waals surface area contributed by atoms with Crippen molar-refractivity contribution in [3.8, 4) is 0 Å². The Kier molecular flexibility index (Phi) is 7.63. The van der Waals surface area contributed by atoms with Crippen LogP contribution in [0.5, 0.6) is 0 Å². The molecular weight excluding hydrogens is 471 g/mol. The summed E-state index contributed by atoms with van der Waals surface area (Å²) in [6.45, 7) is 3.22. The third-order valence-corrected chi connectivity index (χ3v) is 6.37. The van der Waals surface area contributed by atoms with E-state index in [-0.39, 0.29) is 17.1 Å². The van der Waals surface area contributed by atoms with E-state index >= 15 is 0 Å². The summed E-state index contributed by atoms with van der Waals surface area (Å²) in [5, 5.41) is 5.64. The van der Waals surface area contributed by atoms with E-state index in [1.54, 1.807) is 43.3 Å². The number of ketones is 1. The molecule has 2 N–H and O–H groups in total. The van der Waals surface area contributed by atoms with Crippen LogP contribution >= 0.6 is 23.2 Å². The molecule has 0 bridgehead atoms. The molecule has 1 aliphatic carbocycles. The summed E-state index contributed by atoms with van der Waals surface area (Å²) in [6.07, 6.45) is 3.72. The van der Waals surface area contributed by atoms with Gasteiger partial charge in [-0.1, -0.05) is 53.5 Å². The Morgan fingerprint density at radius 3 is 2.41 bits per heavy atom. The summed E-state index contributed by atoms with van der Waals surface area (Å²) in [6, 6.07) is 18.5. The van der Waals surface area contributed by atoms with Crippen molar-refractivity contribution < 1.29 is 9.59 Å². The van der Waals surface area contributed by atoms with E-state index in [1.165, 1.54) is 16.8 Å². The van der Waals surface area contributed by atoms with Gasteiger partial charge in [-0.3, -0.25) is 9.59 Å². The Balaban J connectivity index is 1.46. The molecule has 0 spiro atoms. The number of carbonyl (C=O) groups is 2. The summed E-state index contributed by atoms with van der Waals surface area (Å²) < 4.78 is 0. The van der Waals surface area contributed by atoms with Crippen molar-refractivity contribution in [3.05, 3.63) is 93.6 Å². The minimum absolute atomic E-state index is 0.114. The molecule has 1 fully saturated rings. The number of Topliss-reactive ketones (excluding diaryl/α,β-unsaturated/α-hetero) is 1. The number of carbonyl (C=O) groups excluding carboxylic acids is 2. The average Bonchev–Trinajstić information content (AvgIpc) is 3.61. The molecule has 4 rings (SSSR count). The van der Waals surface area contributed by atoms with Gasteiger partial charge in [0.15, 0.2) is 0 Å². The molecule has 1 aromatic heterocycles. The van der Waals surface area contributed by atoms with Crippen LogP contribution in [0.3, 0.4) is 0 Å². The highest BCUT2D eigenvalue weighted by molar-refractivity contribution is 6.31. The first kappa shape index (κ1) is 24.4. The second-order valence-electron chi connectivity index (χ2n) is 8.60. The lowest BCUT2D eigenvalue weighted by Crippen LogP contribution is -2.43. The molecule has 1 aliphatic rings. The predicted octanol–water partition coefficient (Wildman–Crippen LogP) is 4.95. The molecule has 3 aromatic rings. The van der Waals surface area contributed by atoms with Gasteiger partial charge in [0.2, 0.25) is 0 Å². The molecule has 0 saturated heterocycles. The summed E-state index contributed by atoms with van der Waals surface area (Å²) in [4.78, 5) is 28.8. The maximum Gasteiger partial charge on any atom is 0.274 e. The number of anilines is 1. The second-order valence-corrected chi connectivity index (χ2v) is 9.48. The van der Waals surface area contributed by atoms with Gasteiger partial charge in [-0.05, 0) is 61.2 Å². The number of nitrogens with zero attached hydrogens (tertiary/aromatic N) is 2. The zero-order chi connectivity index (χ0) is 24.1. The lowest BCUT2D eigenvalue weighted by Gasteiger charge is -2.23. The Hall–Kier alpha value is -2.77. The van der Waals surface area contributed by atoms with Gasteiger partial charge in [-0.2, -0.15) is 0 Å². The normalized spacial score (nSPS) is 14.0. The third-order valence-electron chi connectivity index (χ3n) is 5.91. The number of benzene rings is 2. The highest BCUT2D eigenvalue weighted by Gasteiger charge is 2.43. The SMILES string of the molecule is CC(=O)CNCC1(c2ccc(CNN(C(=O)c3cccc(Cl)c3)c3ccc(Cl)cn3)cc2)CC1. The molecular formula is C26H26Cl2N4O2. The van der Waals surface area contributed by atoms with E-state index in [0.29, 0.717) is 34.5 Å². The molecule has 2 aromatic carbocycles. The van der Waals surface area contributed by atoms with Crippen molar-refractivity contribution in [1.29, 1.82) is 0 Å². The van der Waals surface area contributed by atoms with Gasteiger partial charge in [0.25, 0.3) is 5.91 Å². The Morgan fingerprint density at radius 2 is 1.79 bits per heavy atom. The fourth-order valence-electron chi connectivity index (χ4n) is 3.85. The van der Waals surface area contributed by atoms with E-state index in [2.05, 4.69) is 40.0 Å². The van der Waals surface area contributed by atoms with Crippen LogP contribution in [0.4, 0.5) is 5.82 Å². The van der Waals surface area contributed by atoms with Gasteiger partial charge >= 0.3 is 0 Å². The minimum atomic E-state index is -0.276. The molecule has 1 heterocycles. The number of halogens is 2. The molecule has 0 aliphatic heterocycles. The fraction of sp³-hybridized carbons (Fsp3) is 0.269. The lowest BCUT2D eigenvalue weighted by molar-refractivity contribution is -0.116. The number of aromatic nitrogens is 1. The van der Waals surface area contributed by atoms with Crippen molar-refractivity contribution in [3.63, 3.8) is 0 Å². The number of hydrazine groups is 1. The summed E-state index contributed by atoms with van der Waals surface area (Å²) in [7, 11) is 0. The smallest absolute Gasteiger partial charge is 0.274 e. The van der Waals surface area contributed by atoms with Gasteiger partial charge in [-0.15, -0.1) is 0 Å². The van der Waals surface area contributed by atoms with Crippen LogP contribution in [-0.2, 0) is 16.8 Å². The Labute approximate surface area is 209 Å². The van der Waals surface area contributed by atoms with Crippen LogP contribution in [0.15, 0.2) is 66.9 Å². The standard InChI is InChI=1S/C26H26Cl2N4O2/c1-18(33)14-29-17-26(11-12-26)21-7-5-19(6-8-21)15-31-32(24-10-9-23(28)16-30-24)25(34)20-3-2-4-22(27)13-20/h2-10,13,16,29,31H,11-12,14-15,17H2,1H3. The van der Waals surface area contributed by atoms with Crippen LogP contribution in [0.2, 0.25) is 10.0 Å². The molecule has 1 saturated carbocycles. The van der Waals surface area contributed by atoms with E-state index < -0.39 is 0 Å². The maximum atomic E-state index is 13.2. The molecule has 6 nitrogen and oxygen atoms in total. The zero-order valence-electron chi connectivity index (χ0n) is 18.9. The van der Waals surface area contributed by atoms with Gasteiger partial charge in [0, 0.05) is 35.3 Å². The first-order valence-corrected chi connectivity index (χ1v) is 11.9. The largest absolute Gasteiger partial charge is 0.309 e. The molecule has 1 amide bonds. The van der Waals surface area contributed by atoms with E-state index in [0.717, 1.165) is 24.9 Å². The Bertz CT molecular complexity index is 1160. The number of hydrogen-bond acceptors (Lipinski definition) is 5. The van der Waals surface area contributed by atoms with E-state index in [4.69, 9.17) is 23.2 Å². The summed E-state index contributed by atoms with van der Waals surface area (Å²) in [5.41, 5.74) is 6.04. The highest BCUT2D eigenvalue weighted by atomic mass is 35.5. The third kappa shape index (κ3) is 6.02. The summed E-state index contributed by atoms with van der Waals surface area (Å²) in [5.74, 6) is 0.297. The summed E-state index contributed by atoms with van der Waals surface area (Å²) >= 11 is 12.1. The average molecular weight is 497 g/mol. The fourth-order valence-corrected chi connectivity index (χ4v) is 4.15. The zero-order valence-corrected chi connectivity index (χ0v) is 20.4. The van der Waals surface area contributed by atoms with Gasteiger partial charge in [0.1, 0.15) is 11.6 Å². The number of pyridine rings is 1. The van der Waals surface area contributed by atoms with Crippen molar-refractivity contribution in [2.45, 2.75) is 31.7 Å². The van der Waals surface area contributed by atoms with Gasteiger partial charge < -0.3 is 5.32 Å². The lowest BCUT2D eigenvalue weighted by atomic mass is 9.95. The second kappa shape index (κ2) is 10.7. The molecule has 0 radical (unpaired) electrons. The number of rotatable bonds is 10. The van der Waals surface area contributed by atoms with Crippen molar-refractivity contribution in [1.82, 2.24) is 15.7 Å². The molecule has 8 heteroatoms. The topological polar surface area (TPSA) is 74.3 Å². The number of amides is 1. The van der Waals surface area contributed by atoms with Crippen LogP contribution in [0, 0.1) is 0 Å². The Morgan fingerprint density at radius 1 is 1.03 bits per heavy atom. The number of hydrogen-bond donors (Lipinski definition) is 2. The molecule has 0 atom stereocenters. The minimum Gasteiger partial charge on any atom is -0.309 e. The number of nitrogens with one attached hydrogen (secondary N) is 2. The highest BCUT2D eigenvalue weighted by Crippen LogP contribution is 2.47. The monoisotopic (exact) mass is 496 g/mol. The van der Waals surface area contributed by atoms with E-state index in [1.807, 2.05) is 0 Å². The van der Waals surface area contributed by atoms with Crippen LogP contribution in [0.25, 0.3) is 0 Å². The maximum absolute atomic E-state index is 13.2. The molecule has 34 heavy (non-hydrogen) atoms.